The summed E-state index contributed by atoms with van der Waals surface area (Å²) in [5.74, 6) is -2.77. The zero-order valence-electron chi connectivity index (χ0n) is 30.3. The monoisotopic (exact) mass is 735 g/mol. The first-order chi connectivity index (χ1) is 25.2. The summed E-state index contributed by atoms with van der Waals surface area (Å²) in [5, 5.41) is 19.9. The molecule has 16 heteroatoms. The lowest BCUT2D eigenvalue weighted by Crippen LogP contribution is -2.54. The Balaban J connectivity index is 1.25. The number of hydrogen-bond donors (Lipinski definition) is 6. The molecular formula is C37H46FN7O8. The van der Waals surface area contributed by atoms with Gasteiger partial charge in [0.2, 0.25) is 23.6 Å². The van der Waals surface area contributed by atoms with Crippen molar-refractivity contribution < 1.29 is 43.0 Å². The van der Waals surface area contributed by atoms with Gasteiger partial charge < -0.3 is 45.9 Å². The highest BCUT2D eigenvalue weighted by Crippen LogP contribution is 2.32. The van der Waals surface area contributed by atoms with Crippen molar-refractivity contribution in [1.29, 1.82) is 0 Å². The van der Waals surface area contributed by atoms with E-state index in [1.54, 1.807) is 64.1 Å². The molecule has 53 heavy (non-hydrogen) atoms. The van der Waals surface area contributed by atoms with Gasteiger partial charge in [-0.2, -0.15) is 0 Å². The molecule has 1 aromatic heterocycles. The van der Waals surface area contributed by atoms with Crippen LogP contribution in [0.4, 0.5) is 25.4 Å². The zero-order chi connectivity index (χ0) is 38.6. The third kappa shape index (κ3) is 8.53. The van der Waals surface area contributed by atoms with E-state index in [1.165, 1.54) is 23.0 Å². The fourth-order valence-corrected chi connectivity index (χ4v) is 6.92. The number of anilines is 2. The second kappa shape index (κ2) is 16.3. The van der Waals surface area contributed by atoms with Crippen LogP contribution in [0.25, 0.3) is 22.2 Å². The van der Waals surface area contributed by atoms with Gasteiger partial charge in [-0.1, -0.05) is 39.8 Å². The first kappa shape index (κ1) is 38.6. The Morgan fingerprint density at radius 3 is 1.81 bits per heavy atom. The molecule has 15 nitrogen and oxygen atoms in total. The molecule has 284 valence electrons. The van der Waals surface area contributed by atoms with Crippen LogP contribution in [0.15, 0.2) is 42.5 Å². The van der Waals surface area contributed by atoms with E-state index in [9.17, 15) is 33.9 Å². The fourth-order valence-electron chi connectivity index (χ4n) is 6.92. The average molecular weight is 736 g/mol. The number of alkyl carbamates (subject to hydrolysis) is 1. The standard InChI is InChI=1S/C37H46FN7O8/c1-19(2)29(42-36(50)51)34(48)44-16-6-8-26(44)32(46)39-22-12-10-21(11-13-22)31-28(38)24-18-23(14-15-25(24)41-31)40-33(47)27-9-7-17-45(27)35(49)30(20(3)4)43-37(52)53-5/h10-15,18-20,26-27,29-30,41-42H,6-9,16-17H2,1-5H3,(H,39,46)(H,40,47)(H,43,52)(H,50,51)/t26?,27?,29-,30?/m0/s1. The number of nitrogens with one attached hydrogen (secondary N) is 5. The molecule has 5 rings (SSSR count). The van der Waals surface area contributed by atoms with Crippen LogP contribution in [0.5, 0.6) is 0 Å². The Bertz CT molecular complexity index is 1880. The number of ether oxygens (including phenoxy) is 1. The Hall–Kier alpha value is -5.67. The van der Waals surface area contributed by atoms with Gasteiger partial charge in [0.15, 0.2) is 5.82 Å². The van der Waals surface area contributed by atoms with E-state index in [4.69, 9.17) is 0 Å². The summed E-state index contributed by atoms with van der Waals surface area (Å²) in [7, 11) is 1.21. The van der Waals surface area contributed by atoms with Crippen molar-refractivity contribution in [2.45, 2.75) is 77.5 Å². The molecule has 2 aliphatic rings. The van der Waals surface area contributed by atoms with Crippen LogP contribution in [0.1, 0.15) is 53.4 Å². The predicted octanol–water partition coefficient (Wildman–Crippen LogP) is 4.51. The summed E-state index contributed by atoms with van der Waals surface area (Å²) in [6.07, 6.45) is 0.0107. The Morgan fingerprint density at radius 2 is 1.30 bits per heavy atom. The lowest BCUT2D eigenvalue weighted by molar-refractivity contribution is -0.139. The molecule has 6 amide bonds. The molecule has 0 aliphatic carbocycles. The van der Waals surface area contributed by atoms with Gasteiger partial charge in [-0.25, -0.2) is 14.0 Å². The van der Waals surface area contributed by atoms with E-state index in [2.05, 4.69) is 31.0 Å². The highest BCUT2D eigenvalue weighted by atomic mass is 19.1. The van der Waals surface area contributed by atoms with Gasteiger partial charge in [0.25, 0.3) is 0 Å². The van der Waals surface area contributed by atoms with Crippen molar-refractivity contribution >= 4 is 58.1 Å². The number of halogens is 1. The summed E-state index contributed by atoms with van der Waals surface area (Å²) >= 11 is 0. The van der Waals surface area contributed by atoms with E-state index in [0.29, 0.717) is 61.2 Å². The number of methoxy groups -OCH3 is 1. The number of fused-ring (bicyclic) bond motifs is 1. The van der Waals surface area contributed by atoms with Crippen molar-refractivity contribution in [2.24, 2.45) is 11.8 Å². The van der Waals surface area contributed by atoms with Crippen molar-refractivity contribution in [1.82, 2.24) is 25.4 Å². The summed E-state index contributed by atoms with van der Waals surface area (Å²) < 4.78 is 20.5. The fraction of sp³-hybridized carbons (Fsp3) is 0.459. The SMILES string of the molecule is COC(=O)NC(C(=O)N1CCCC1C(=O)Nc1ccc2[nH]c(-c3ccc(NC(=O)C4CCCN4C(=O)[C@@H](NC(=O)O)C(C)C)cc3)c(F)c2c1)C(C)C. The first-order valence-electron chi connectivity index (χ1n) is 17.7. The largest absolute Gasteiger partial charge is 0.465 e. The van der Waals surface area contributed by atoms with E-state index in [1.807, 2.05) is 0 Å². The normalized spacial score (nSPS) is 18.2. The molecule has 2 fully saturated rings. The van der Waals surface area contributed by atoms with Gasteiger partial charge in [-0.15, -0.1) is 0 Å². The third-order valence-electron chi connectivity index (χ3n) is 9.72. The third-order valence-corrected chi connectivity index (χ3v) is 9.72. The molecule has 3 aromatic rings. The molecule has 4 atom stereocenters. The van der Waals surface area contributed by atoms with E-state index >= 15 is 4.39 Å². The molecule has 3 heterocycles. The molecule has 3 unspecified atom stereocenters. The van der Waals surface area contributed by atoms with Gasteiger partial charge in [0.05, 0.1) is 12.8 Å². The second-order valence-electron chi connectivity index (χ2n) is 14.0. The summed E-state index contributed by atoms with van der Waals surface area (Å²) in [4.78, 5) is 82.3. The number of aromatic amines is 1. The molecule has 2 aromatic carbocycles. The Kier molecular flexibility index (Phi) is 11.9. The van der Waals surface area contributed by atoms with Gasteiger partial charge in [0.1, 0.15) is 24.2 Å². The maximum Gasteiger partial charge on any atom is 0.407 e. The molecular weight excluding hydrogens is 689 g/mol. The minimum atomic E-state index is -1.31. The van der Waals surface area contributed by atoms with Crippen molar-refractivity contribution in [3.8, 4) is 11.3 Å². The van der Waals surface area contributed by atoms with Crippen LogP contribution in [0, 0.1) is 17.7 Å². The minimum absolute atomic E-state index is 0.199. The number of benzene rings is 2. The molecule has 0 saturated carbocycles. The molecule has 2 aliphatic heterocycles. The molecule has 2 saturated heterocycles. The number of carbonyl (C=O) groups is 6. The molecule has 0 radical (unpaired) electrons. The quantitative estimate of drug-likeness (QED) is 0.165. The van der Waals surface area contributed by atoms with Crippen LogP contribution in [-0.4, -0.2) is 100 Å². The van der Waals surface area contributed by atoms with Crippen LogP contribution >= 0.6 is 0 Å². The number of hydrogen-bond acceptors (Lipinski definition) is 7. The minimum Gasteiger partial charge on any atom is -0.465 e. The average Bonchev–Trinajstić information content (AvgIpc) is 3.89. The Labute approximate surface area is 306 Å². The van der Waals surface area contributed by atoms with Crippen LogP contribution in [0.3, 0.4) is 0 Å². The summed E-state index contributed by atoms with van der Waals surface area (Å²) in [5.41, 5.74) is 1.96. The van der Waals surface area contributed by atoms with Gasteiger partial charge in [0, 0.05) is 40.9 Å². The number of carboxylic acid groups (broad SMARTS) is 1. The lowest BCUT2D eigenvalue weighted by atomic mass is 10.0. The number of nitrogens with zero attached hydrogens (tertiary/aromatic N) is 2. The maximum absolute atomic E-state index is 15.8. The van der Waals surface area contributed by atoms with Gasteiger partial charge in [-0.05, 0) is 67.9 Å². The number of amides is 6. The van der Waals surface area contributed by atoms with Crippen molar-refractivity contribution in [3.63, 3.8) is 0 Å². The predicted molar refractivity (Wildman–Crippen MR) is 194 cm³/mol. The van der Waals surface area contributed by atoms with Crippen molar-refractivity contribution in [2.75, 3.05) is 30.8 Å². The number of rotatable bonds is 11. The van der Waals surface area contributed by atoms with Gasteiger partial charge in [-0.3, -0.25) is 19.2 Å². The van der Waals surface area contributed by atoms with Crippen LogP contribution in [-0.2, 0) is 23.9 Å². The number of carbonyl (C=O) groups excluding carboxylic acids is 5. The highest BCUT2D eigenvalue weighted by molar-refractivity contribution is 6.01. The Morgan fingerprint density at radius 1 is 0.792 bits per heavy atom. The lowest BCUT2D eigenvalue weighted by Gasteiger charge is -2.30. The summed E-state index contributed by atoms with van der Waals surface area (Å²) in [6, 6.07) is 7.92. The van der Waals surface area contributed by atoms with E-state index in [-0.39, 0.29) is 28.8 Å². The molecule has 0 bridgehead atoms. The zero-order valence-corrected chi connectivity index (χ0v) is 30.3. The maximum atomic E-state index is 15.8. The van der Waals surface area contributed by atoms with Crippen LogP contribution < -0.4 is 21.3 Å². The van der Waals surface area contributed by atoms with E-state index < -0.39 is 59.9 Å². The van der Waals surface area contributed by atoms with Gasteiger partial charge >= 0.3 is 12.2 Å². The number of H-pyrrole nitrogens is 1. The van der Waals surface area contributed by atoms with Crippen molar-refractivity contribution in [3.05, 3.63) is 48.3 Å². The molecule has 6 N–H and O–H groups in total. The topological polar surface area (TPSA) is 202 Å². The van der Waals surface area contributed by atoms with E-state index in [0.717, 1.165) is 0 Å². The number of likely N-dealkylation sites (tertiary alicyclic amines) is 2. The molecule has 0 spiro atoms. The first-order valence-corrected chi connectivity index (χ1v) is 17.7. The van der Waals surface area contributed by atoms with Crippen LogP contribution in [0.2, 0.25) is 0 Å². The number of aromatic nitrogens is 1. The highest BCUT2D eigenvalue weighted by Gasteiger charge is 2.40. The smallest absolute Gasteiger partial charge is 0.407 e. The summed E-state index contributed by atoms with van der Waals surface area (Å²) in [6.45, 7) is 7.71. The second-order valence-corrected chi connectivity index (χ2v) is 14.0.